The quantitative estimate of drug-likeness (QED) is 0.324. The Hall–Kier alpha value is -0.120. The fourth-order valence-electron chi connectivity index (χ4n) is 1.08. The van der Waals surface area contributed by atoms with Crippen LogP contribution in [0.25, 0.3) is 0 Å². The van der Waals surface area contributed by atoms with Gasteiger partial charge in [0, 0.05) is 0 Å². The third-order valence-electron chi connectivity index (χ3n) is 1.57. The lowest BCUT2D eigenvalue weighted by atomic mass is 9.98. The van der Waals surface area contributed by atoms with E-state index in [1.165, 1.54) is 19.3 Å². The van der Waals surface area contributed by atoms with Crippen molar-refractivity contribution in [2.24, 2.45) is 11.7 Å². The molecule has 0 atom stereocenters. The SMILES string of the molecule is NN.OC1CCCCC1. The Bertz CT molecular complexity index is 53.0. The molecular formula is C6H16N2O. The minimum absolute atomic E-state index is 0.0359. The highest BCUT2D eigenvalue weighted by atomic mass is 16.3. The van der Waals surface area contributed by atoms with Gasteiger partial charge in [0.15, 0.2) is 0 Å². The molecule has 1 aliphatic rings. The monoisotopic (exact) mass is 132 g/mol. The van der Waals surface area contributed by atoms with Gasteiger partial charge in [-0.3, -0.25) is 11.7 Å². The lowest BCUT2D eigenvalue weighted by molar-refractivity contribution is 0.130. The molecule has 3 nitrogen and oxygen atoms in total. The number of rotatable bonds is 0. The molecule has 1 rings (SSSR count). The highest BCUT2D eigenvalue weighted by molar-refractivity contribution is 4.61. The molecule has 1 aliphatic carbocycles. The van der Waals surface area contributed by atoms with Gasteiger partial charge >= 0.3 is 0 Å². The van der Waals surface area contributed by atoms with E-state index in [2.05, 4.69) is 11.7 Å². The maximum Gasteiger partial charge on any atom is 0.0540 e. The van der Waals surface area contributed by atoms with Gasteiger partial charge in [0.1, 0.15) is 0 Å². The molecule has 5 N–H and O–H groups in total. The Morgan fingerprint density at radius 2 is 1.44 bits per heavy atom. The average Bonchev–Trinajstić information content (AvgIpc) is 1.94. The van der Waals surface area contributed by atoms with Crippen LogP contribution in [-0.2, 0) is 0 Å². The first-order valence-electron chi connectivity index (χ1n) is 3.41. The van der Waals surface area contributed by atoms with E-state index in [9.17, 15) is 0 Å². The fourth-order valence-corrected chi connectivity index (χ4v) is 1.08. The summed E-state index contributed by atoms with van der Waals surface area (Å²) in [5, 5.41) is 8.91. The highest BCUT2D eigenvalue weighted by Crippen LogP contribution is 2.16. The molecular weight excluding hydrogens is 116 g/mol. The van der Waals surface area contributed by atoms with E-state index < -0.39 is 0 Å². The van der Waals surface area contributed by atoms with Crippen LogP contribution < -0.4 is 11.7 Å². The lowest BCUT2D eigenvalue weighted by Crippen LogP contribution is -2.09. The number of nitrogens with two attached hydrogens (primary N) is 2. The molecule has 56 valence electrons. The van der Waals surface area contributed by atoms with Crippen molar-refractivity contribution >= 4 is 0 Å². The van der Waals surface area contributed by atoms with E-state index in [0.29, 0.717) is 0 Å². The molecule has 3 heteroatoms. The summed E-state index contributed by atoms with van der Waals surface area (Å²) in [7, 11) is 0. The first-order chi connectivity index (χ1) is 4.39. The van der Waals surface area contributed by atoms with Gasteiger partial charge in [-0.1, -0.05) is 19.3 Å². The van der Waals surface area contributed by atoms with Crippen LogP contribution in [0.15, 0.2) is 0 Å². The molecule has 0 aromatic heterocycles. The molecule has 1 saturated carbocycles. The van der Waals surface area contributed by atoms with E-state index in [0.717, 1.165) is 12.8 Å². The summed E-state index contributed by atoms with van der Waals surface area (Å²) < 4.78 is 0. The average molecular weight is 132 g/mol. The second-order valence-electron chi connectivity index (χ2n) is 2.29. The van der Waals surface area contributed by atoms with Crippen molar-refractivity contribution in [3.63, 3.8) is 0 Å². The fraction of sp³-hybridized carbons (Fsp3) is 1.00. The number of hydrogen-bond acceptors (Lipinski definition) is 3. The summed E-state index contributed by atoms with van der Waals surface area (Å²) in [6.07, 6.45) is 5.92. The van der Waals surface area contributed by atoms with Crippen molar-refractivity contribution < 1.29 is 5.11 Å². The molecule has 0 spiro atoms. The summed E-state index contributed by atoms with van der Waals surface area (Å²) in [6, 6.07) is 0. The number of aliphatic hydroxyl groups is 1. The van der Waals surface area contributed by atoms with Gasteiger partial charge in [-0.25, -0.2) is 0 Å². The van der Waals surface area contributed by atoms with Crippen LogP contribution in [0, 0.1) is 0 Å². The number of aliphatic hydroxyl groups excluding tert-OH is 1. The largest absolute Gasteiger partial charge is 0.393 e. The molecule has 0 saturated heterocycles. The van der Waals surface area contributed by atoms with Crippen molar-refractivity contribution in [1.29, 1.82) is 0 Å². The first kappa shape index (κ1) is 8.88. The zero-order valence-electron chi connectivity index (χ0n) is 5.71. The van der Waals surface area contributed by atoms with Gasteiger partial charge in [0.2, 0.25) is 0 Å². The van der Waals surface area contributed by atoms with E-state index in [-0.39, 0.29) is 6.10 Å². The molecule has 9 heavy (non-hydrogen) atoms. The lowest BCUT2D eigenvalue weighted by Gasteiger charge is -2.14. The van der Waals surface area contributed by atoms with Crippen molar-refractivity contribution in [1.82, 2.24) is 0 Å². The molecule has 0 radical (unpaired) electrons. The van der Waals surface area contributed by atoms with Gasteiger partial charge in [-0.15, -0.1) is 0 Å². The molecule has 0 heterocycles. The Morgan fingerprint density at radius 1 is 1.00 bits per heavy atom. The molecule has 0 unspecified atom stereocenters. The van der Waals surface area contributed by atoms with Crippen LogP contribution in [0.4, 0.5) is 0 Å². The summed E-state index contributed by atoms with van der Waals surface area (Å²) in [5.41, 5.74) is 0. The Labute approximate surface area is 56.0 Å². The van der Waals surface area contributed by atoms with Crippen molar-refractivity contribution in [2.75, 3.05) is 0 Å². The predicted octanol–water partition coefficient (Wildman–Crippen LogP) is 0.130. The molecule has 0 aromatic rings. The normalized spacial score (nSPS) is 20.3. The molecule has 0 amide bonds. The van der Waals surface area contributed by atoms with Gasteiger partial charge in [-0.05, 0) is 12.8 Å². The van der Waals surface area contributed by atoms with E-state index in [4.69, 9.17) is 5.11 Å². The van der Waals surface area contributed by atoms with Crippen LogP contribution >= 0.6 is 0 Å². The van der Waals surface area contributed by atoms with Crippen LogP contribution in [0.2, 0.25) is 0 Å². The van der Waals surface area contributed by atoms with Crippen LogP contribution in [-0.4, -0.2) is 11.2 Å². The van der Waals surface area contributed by atoms with Crippen LogP contribution in [0.5, 0.6) is 0 Å². The third kappa shape index (κ3) is 4.39. The maximum absolute atomic E-state index is 8.91. The highest BCUT2D eigenvalue weighted by Gasteiger charge is 2.07. The van der Waals surface area contributed by atoms with E-state index in [1.807, 2.05) is 0 Å². The Balaban J connectivity index is 0.000000291. The molecule has 0 bridgehead atoms. The van der Waals surface area contributed by atoms with Crippen LogP contribution in [0.1, 0.15) is 32.1 Å². The maximum atomic E-state index is 8.91. The van der Waals surface area contributed by atoms with Gasteiger partial charge in [0.05, 0.1) is 6.10 Å². The van der Waals surface area contributed by atoms with Crippen molar-refractivity contribution in [2.45, 2.75) is 38.2 Å². The summed E-state index contributed by atoms with van der Waals surface area (Å²) in [5.74, 6) is 8.00. The van der Waals surface area contributed by atoms with E-state index >= 15 is 0 Å². The van der Waals surface area contributed by atoms with Crippen molar-refractivity contribution in [3.8, 4) is 0 Å². The van der Waals surface area contributed by atoms with Crippen molar-refractivity contribution in [3.05, 3.63) is 0 Å². The van der Waals surface area contributed by atoms with Gasteiger partial charge in [-0.2, -0.15) is 0 Å². The molecule has 0 aromatic carbocycles. The van der Waals surface area contributed by atoms with E-state index in [1.54, 1.807) is 0 Å². The smallest absolute Gasteiger partial charge is 0.0540 e. The Morgan fingerprint density at radius 3 is 1.67 bits per heavy atom. The third-order valence-corrected chi connectivity index (χ3v) is 1.57. The second-order valence-corrected chi connectivity index (χ2v) is 2.29. The first-order valence-corrected chi connectivity index (χ1v) is 3.41. The predicted molar refractivity (Wildman–Crippen MR) is 37.5 cm³/mol. The minimum atomic E-state index is 0.0359. The summed E-state index contributed by atoms with van der Waals surface area (Å²) >= 11 is 0. The zero-order valence-corrected chi connectivity index (χ0v) is 5.71. The summed E-state index contributed by atoms with van der Waals surface area (Å²) in [4.78, 5) is 0. The minimum Gasteiger partial charge on any atom is -0.393 e. The van der Waals surface area contributed by atoms with Gasteiger partial charge < -0.3 is 5.11 Å². The second kappa shape index (κ2) is 6.01. The topological polar surface area (TPSA) is 72.3 Å². The summed E-state index contributed by atoms with van der Waals surface area (Å²) in [6.45, 7) is 0. The Kier molecular flexibility index (Phi) is 5.93. The molecule has 1 fully saturated rings. The molecule has 0 aliphatic heterocycles. The number of hydrazine groups is 1. The van der Waals surface area contributed by atoms with Gasteiger partial charge in [0.25, 0.3) is 0 Å². The van der Waals surface area contributed by atoms with Crippen LogP contribution in [0.3, 0.4) is 0 Å². The number of hydrogen-bond donors (Lipinski definition) is 3. The zero-order chi connectivity index (χ0) is 7.11. The standard InChI is InChI=1S/C6H12O.H4N2/c7-6-4-2-1-3-5-6;1-2/h6-7H,1-5H2;1-2H2.